The number of rotatable bonds is 6. The summed E-state index contributed by atoms with van der Waals surface area (Å²) in [5, 5.41) is -0.141. The zero-order chi connectivity index (χ0) is 14.7. The van der Waals surface area contributed by atoms with E-state index in [2.05, 4.69) is 9.71 Å². The predicted octanol–water partition coefficient (Wildman–Crippen LogP) is 2.28. The molecule has 0 saturated carbocycles. The quantitative estimate of drug-likeness (QED) is 0.846. The van der Waals surface area contributed by atoms with Crippen LogP contribution in [0.3, 0.4) is 0 Å². The monoisotopic (exact) mass is 306 g/mol. The molecule has 0 amide bonds. The lowest BCUT2D eigenvalue weighted by atomic mass is 9.91. The smallest absolute Gasteiger partial charge is 0.266 e. The summed E-state index contributed by atoms with van der Waals surface area (Å²) in [5.41, 5.74) is -0.977. The summed E-state index contributed by atoms with van der Waals surface area (Å²) in [4.78, 5) is 13.4. The number of aromatic amines is 1. The molecule has 7 heteroatoms. The highest BCUT2D eigenvalue weighted by Gasteiger charge is 2.30. The second kappa shape index (κ2) is 6.07. The van der Waals surface area contributed by atoms with Gasteiger partial charge in [-0.15, -0.1) is 0 Å². The zero-order valence-electron chi connectivity index (χ0n) is 11.3. The van der Waals surface area contributed by atoms with Crippen molar-refractivity contribution in [3.63, 3.8) is 0 Å². The fourth-order valence-corrected chi connectivity index (χ4v) is 3.75. The van der Waals surface area contributed by atoms with E-state index in [-0.39, 0.29) is 9.92 Å². The Kier molecular flexibility index (Phi) is 5.18. The van der Waals surface area contributed by atoms with Gasteiger partial charge in [-0.2, -0.15) is 0 Å². The maximum Gasteiger partial charge on any atom is 0.266 e. The molecule has 1 heterocycles. The lowest BCUT2D eigenvalue weighted by molar-refractivity contribution is 0.341. The first-order valence-corrected chi connectivity index (χ1v) is 8.08. The molecule has 0 aliphatic rings. The predicted molar refractivity (Wildman–Crippen MR) is 76.0 cm³/mol. The first-order valence-electron chi connectivity index (χ1n) is 6.22. The zero-order valence-corrected chi connectivity index (χ0v) is 12.9. The Morgan fingerprint density at radius 3 is 2.21 bits per heavy atom. The van der Waals surface area contributed by atoms with Gasteiger partial charge in [0.2, 0.25) is 10.0 Å². The first kappa shape index (κ1) is 16.2. The minimum Gasteiger partial charge on any atom is -0.326 e. The molecule has 0 aliphatic carbocycles. The van der Waals surface area contributed by atoms with Crippen molar-refractivity contribution in [2.24, 2.45) is 0 Å². The Morgan fingerprint density at radius 1 is 1.26 bits per heavy atom. The van der Waals surface area contributed by atoms with E-state index in [0.29, 0.717) is 19.3 Å². The van der Waals surface area contributed by atoms with E-state index in [1.165, 1.54) is 0 Å². The number of pyridine rings is 1. The topological polar surface area (TPSA) is 79.0 Å². The number of H-pyrrole nitrogens is 1. The van der Waals surface area contributed by atoms with E-state index in [0.717, 1.165) is 12.3 Å². The molecule has 0 aliphatic heterocycles. The fourth-order valence-electron chi connectivity index (χ4n) is 1.90. The number of hydrogen-bond acceptors (Lipinski definition) is 3. The molecule has 0 radical (unpaired) electrons. The van der Waals surface area contributed by atoms with Gasteiger partial charge in [0.25, 0.3) is 5.56 Å². The molecule has 0 fully saturated rings. The minimum absolute atomic E-state index is 0.0307. The molecular weight excluding hydrogens is 288 g/mol. The molecule has 5 nitrogen and oxygen atoms in total. The van der Waals surface area contributed by atoms with Gasteiger partial charge < -0.3 is 4.98 Å². The van der Waals surface area contributed by atoms with Crippen LogP contribution in [0.4, 0.5) is 0 Å². The highest BCUT2D eigenvalue weighted by molar-refractivity contribution is 7.89. The standard InChI is InChI=1S/C12H19ClN2O3S/c1-4-12(5-2,6-3)15-19(17,18)9-7-10(13)11(16)14-8-9/h7-8,15H,4-6H2,1-3H3,(H,14,16). The van der Waals surface area contributed by atoms with Crippen LogP contribution >= 0.6 is 11.6 Å². The number of nitrogens with one attached hydrogen (secondary N) is 2. The van der Waals surface area contributed by atoms with Crippen LogP contribution in [0.25, 0.3) is 0 Å². The van der Waals surface area contributed by atoms with Gasteiger partial charge >= 0.3 is 0 Å². The lowest BCUT2D eigenvalue weighted by Crippen LogP contribution is -2.47. The van der Waals surface area contributed by atoms with Crippen LogP contribution in [-0.4, -0.2) is 18.9 Å². The lowest BCUT2D eigenvalue weighted by Gasteiger charge is -2.31. The summed E-state index contributed by atoms with van der Waals surface area (Å²) in [5.74, 6) is 0. The Hall–Kier alpha value is -0.850. The minimum atomic E-state index is -3.70. The molecule has 0 aromatic carbocycles. The SMILES string of the molecule is CCC(CC)(CC)NS(=O)(=O)c1c[nH]c(=O)c(Cl)c1. The van der Waals surface area contributed by atoms with Crippen LogP contribution in [0.5, 0.6) is 0 Å². The number of sulfonamides is 1. The average molecular weight is 307 g/mol. The van der Waals surface area contributed by atoms with E-state index in [1.807, 2.05) is 20.8 Å². The van der Waals surface area contributed by atoms with Gasteiger partial charge in [-0.25, -0.2) is 13.1 Å². The van der Waals surface area contributed by atoms with Crippen molar-refractivity contribution < 1.29 is 8.42 Å². The molecule has 1 aromatic heterocycles. The number of halogens is 1. The number of aromatic nitrogens is 1. The van der Waals surface area contributed by atoms with Crippen molar-refractivity contribution in [2.45, 2.75) is 50.5 Å². The third kappa shape index (κ3) is 3.58. The Morgan fingerprint density at radius 2 is 1.79 bits per heavy atom. The van der Waals surface area contributed by atoms with E-state index >= 15 is 0 Å². The van der Waals surface area contributed by atoms with E-state index in [9.17, 15) is 13.2 Å². The van der Waals surface area contributed by atoms with E-state index in [1.54, 1.807) is 0 Å². The van der Waals surface area contributed by atoms with Crippen LogP contribution in [0.2, 0.25) is 5.02 Å². The van der Waals surface area contributed by atoms with E-state index in [4.69, 9.17) is 11.6 Å². The van der Waals surface area contributed by atoms with E-state index < -0.39 is 21.1 Å². The molecule has 19 heavy (non-hydrogen) atoms. The molecule has 0 unspecified atom stereocenters. The Bertz CT molecular complexity index is 583. The summed E-state index contributed by atoms with van der Waals surface area (Å²) in [6.45, 7) is 5.82. The fraction of sp³-hybridized carbons (Fsp3) is 0.583. The van der Waals surface area contributed by atoms with Gasteiger partial charge in [0.05, 0.1) is 4.90 Å². The summed E-state index contributed by atoms with van der Waals surface area (Å²) in [7, 11) is -3.70. The Balaban J connectivity index is 3.17. The molecule has 108 valence electrons. The van der Waals surface area contributed by atoms with Crippen LogP contribution in [-0.2, 0) is 10.0 Å². The molecular formula is C12H19ClN2O3S. The van der Waals surface area contributed by atoms with Gasteiger partial charge in [0, 0.05) is 11.7 Å². The maximum atomic E-state index is 12.3. The second-order valence-electron chi connectivity index (χ2n) is 4.46. The van der Waals surface area contributed by atoms with Crippen molar-refractivity contribution in [1.82, 2.24) is 9.71 Å². The third-order valence-electron chi connectivity index (χ3n) is 3.52. The molecule has 0 bridgehead atoms. The summed E-state index contributed by atoms with van der Waals surface area (Å²) < 4.78 is 27.3. The van der Waals surface area contributed by atoms with Crippen molar-refractivity contribution in [3.05, 3.63) is 27.6 Å². The normalized spacial score (nSPS) is 12.6. The Labute approximate surface area is 118 Å². The van der Waals surface area contributed by atoms with Crippen molar-refractivity contribution >= 4 is 21.6 Å². The highest BCUT2D eigenvalue weighted by atomic mass is 35.5. The first-order chi connectivity index (χ1) is 8.80. The van der Waals surface area contributed by atoms with Crippen LogP contribution < -0.4 is 10.3 Å². The van der Waals surface area contributed by atoms with Gasteiger partial charge in [0.1, 0.15) is 5.02 Å². The van der Waals surface area contributed by atoms with Crippen LogP contribution in [0.1, 0.15) is 40.0 Å². The molecule has 1 rings (SSSR count). The molecule has 2 N–H and O–H groups in total. The molecule has 0 saturated heterocycles. The van der Waals surface area contributed by atoms with Gasteiger partial charge in [-0.05, 0) is 25.3 Å². The van der Waals surface area contributed by atoms with Gasteiger partial charge in [0.15, 0.2) is 0 Å². The maximum absolute atomic E-state index is 12.3. The largest absolute Gasteiger partial charge is 0.326 e. The summed E-state index contributed by atoms with van der Waals surface area (Å²) >= 11 is 5.66. The summed E-state index contributed by atoms with van der Waals surface area (Å²) in [6.07, 6.45) is 3.23. The van der Waals surface area contributed by atoms with Crippen LogP contribution in [0, 0.1) is 0 Å². The van der Waals surface area contributed by atoms with Crippen molar-refractivity contribution in [1.29, 1.82) is 0 Å². The molecule has 0 spiro atoms. The molecule has 1 aromatic rings. The highest BCUT2D eigenvalue weighted by Crippen LogP contribution is 2.23. The third-order valence-corrected chi connectivity index (χ3v) is 5.36. The van der Waals surface area contributed by atoms with Crippen molar-refractivity contribution in [2.75, 3.05) is 0 Å². The second-order valence-corrected chi connectivity index (χ2v) is 6.55. The number of hydrogen-bond donors (Lipinski definition) is 2. The van der Waals surface area contributed by atoms with Crippen LogP contribution in [0.15, 0.2) is 22.0 Å². The van der Waals surface area contributed by atoms with Crippen molar-refractivity contribution in [3.8, 4) is 0 Å². The van der Waals surface area contributed by atoms with Gasteiger partial charge in [-0.3, -0.25) is 4.79 Å². The average Bonchev–Trinajstić information content (AvgIpc) is 2.39. The summed E-state index contributed by atoms with van der Waals surface area (Å²) in [6, 6.07) is 1.16. The molecule has 0 atom stereocenters. The van der Waals surface area contributed by atoms with Gasteiger partial charge in [-0.1, -0.05) is 32.4 Å².